The summed E-state index contributed by atoms with van der Waals surface area (Å²) in [5.74, 6) is -0.453. The molecule has 3 rings (SSSR count). The fourth-order valence-electron chi connectivity index (χ4n) is 2.79. The first-order chi connectivity index (χ1) is 12.2. The third kappa shape index (κ3) is 4.89. The number of hydrogen-bond donors (Lipinski definition) is 1. The Labute approximate surface area is 147 Å². The van der Waals surface area contributed by atoms with E-state index in [0.717, 1.165) is 5.56 Å². The molecule has 0 saturated carbocycles. The molecule has 1 heterocycles. The lowest BCUT2D eigenvalue weighted by atomic mass is 10.1. The van der Waals surface area contributed by atoms with Crippen molar-refractivity contribution in [1.82, 2.24) is 0 Å². The molecule has 3 atom stereocenters. The van der Waals surface area contributed by atoms with Crippen LogP contribution in [0.3, 0.4) is 0 Å². The zero-order chi connectivity index (χ0) is 17.5. The molecular weight excluding hydrogens is 320 g/mol. The van der Waals surface area contributed by atoms with Gasteiger partial charge in [-0.1, -0.05) is 48.5 Å². The number of esters is 1. The van der Waals surface area contributed by atoms with Gasteiger partial charge in [-0.15, -0.1) is 0 Å². The van der Waals surface area contributed by atoms with Crippen LogP contribution in [0.2, 0.25) is 0 Å². The largest absolute Gasteiger partial charge is 0.453 e. The third-order valence-corrected chi connectivity index (χ3v) is 4.14. The molecule has 2 aromatic carbocycles. The van der Waals surface area contributed by atoms with Crippen molar-refractivity contribution < 1.29 is 24.1 Å². The monoisotopic (exact) mass is 342 g/mol. The van der Waals surface area contributed by atoms with Gasteiger partial charge in [-0.05, 0) is 17.7 Å². The zero-order valence-corrected chi connectivity index (χ0v) is 13.9. The van der Waals surface area contributed by atoms with Crippen LogP contribution in [0.4, 0.5) is 0 Å². The average molecular weight is 342 g/mol. The second-order valence-electron chi connectivity index (χ2n) is 6.00. The van der Waals surface area contributed by atoms with Gasteiger partial charge in [0.1, 0.15) is 6.10 Å². The van der Waals surface area contributed by atoms with Crippen molar-refractivity contribution in [2.75, 3.05) is 13.2 Å². The Kier molecular flexibility index (Phi) is 6.17. The molecule has 0 unspecified atom stereocenters. The smallest absolute Gasteiger partial charge is 0.338 e. The van der Waals surface area contributed by atoms with Gasteiger partial charge in [-0.3, -0.25) is 0 Å². The summed E-state index contributed by atoms with van der Waals surface area (Å²) >= 11 is 0. The number of aliphatic hydroxyl groups excluding tert-OH is 1. The summed E-state index contributed by atoms with van der Waals surface area (Å²) in [6.45, 7) is 1.15. The molecule has 132 valence electrons. The maximum absolute atomic E-state index is 12.2. The van der Waals surface area contributed by atoms with Crippen LogP contribution in [-0.4, -0.2) is 42.6 Å². The average Bonchev–Trinajstić information content (AvgIpc) is 3.00. The molecule has 0 aliphatic carbocycles. The highest BCUT2D eigenvalue weighted by Gasteiger charge is 2.39. The lowest BCUT2D eigenvalue weighted by Gasteiger charge is -2.21. The minimum Gasteiger partial charge on any atom is -0.453 e. The molecule has 0 bridgehead atoms. The maximum atomic E-state index is 12.2. The molecule has 5 heteroatoms. The molecule has 5 nitrogen and oxygen atoms in total. The van der Waals surface area contributed by atoms with Gasteiger partial charge in [-0.2, -0.15) is 0 Å². The van der Waals surface area contributed by atoms with Crippen LogP contribution in [0.25, 0.3) is 0 Å². The van der Waals surface area contributed by atoms with Crippen LogP contribution in [0, 0.1) is 0 Å². The Morgan fingerprint density at radius 3 is 2.48 bits per heavy atom. The van der Waals surface area contributed by atoms with Gasteiger partial charge in [0.2, 0.25) is 0 Å². The van der Waals surface area contributed by atoms with E-state index < -0.39 is 18.2 Å². The minimum atomic E-state index is -0.813. The SMILES string of the molecule is O=C(O[C@H]1[C@@H](O)CO[C@@H]1CCOCc1ccccc1)c1ccccc1. The number of hydrogen-bond acceptors (Lipinski definition) is 5. The van der Waals surface area contributed by atoms with Gasteiger partial charge in [0.05, 0.1) is 24.9 Å². The van der Waals surface area contributed by atoms with Crippen molar-refractivity contribution in [3.05, 3.63) is 71.8 Å². The second kappa shape index (κ2) is 8.76. The molecule has 0 amide bonds. The highest BCUT2D eigenvalue weighted by atomic mass is 16.6. The van der Waals surface area contributed by atoms with E-state index in [1.54, 1.807) is 24.3 Å². The number of carbonyl (C=O) groups excluding carboxylic acids is 1. The predicted octanol–water partition coefficient (Wildman–Crippen LogP) is 2.58. The molecular formula is C20H22O5. The summed E-state index contributed by atoms with van der Waals surface area (Å²) in [5.41, 5.74) is 1.56. The Hall–Kier alpha value is -2.21. The van der Waals surface area contributed by atoms with E-state index in [9.17, 15) is 9.90 Å². The van der Waals surface area contributed by atoms with Gasteiger partial charge in [0.15, 0.2) is 6.10 Å². The van der Waals surface area contributed by atoms with Gasteiger partial charge >= 0.3 is 5.97 Å². The van der Waals surface area contributed by atoms with E-state index in [0.29, 0.717) is 25.2 Å². The van der Waals surface area contributed by atoms with Gasteiger partial charge < -0.3 is 19.3 Å². The fourth-order valence-corrected chi connectivity index (χ4v) is 2.79. The van der Waals surface area contributed by atoms with Crippen LogP contribution in [0.1, 0.15) is 22.3 Å². The van der Waals surface area contributed by atoms with Crippen molar-refractivity contribution in [3.63, 3.8) is 0 Å². The lowest BCUT2D eigenvalue weighted by Crippen LogP contribution is -2.36. The van der Waals surface area contributed by atoms with Gasteiger partial charge in [0.25, 0.3) is 0 Å². The van der Waals surface area contributed by atoms with Crippen LogP contribution in [0.15, 0.2) is 60.7 Å². The highest BCUT2D eigenvalue weighted by molar-refractivity contribution is 5.89. The molecule has 0 spiro atoms. The molecule has 1 saturated heterocycles. The van der Waals surface area contributed by atoms with Crippen molar-refractivity contribution in [2.24, 2.45) is 0 Å². The summed E-state index contributed by atoms with van der Waals surface area (Å²) in [6.07, 6.45) is -1.30. The Morgan fingerprint density at radius 1 is 1.08 bits per heavy atom. The molecule has 2 aromatic rings. The summed E-state index contributed by atoms with van der Waals surface area (Å²) in [7, 11) is 0. The number of rotatable bonds is 7. The van der Waals surface area contributed by atoms with Crippen LogP contribution in [0.5, 0.6) is 0 Å². The molecule has 1 aliphatic rings. The quantitative estimate of drug-likeness (QED) is 0.619. The standard InChI is InChI=1S/C20H22O5/c21-17-14-24-18(11-12-23-13-15-7-3-1-4-8-15)19(17)25-20(22)16-9-5-2-6-10-16/h1-10,17-19,21H,11-14H2/t17-,18+,19-/m0/s1. The van der Waals surface area contributed by atoms with E-state index in [1.165, 1.54) is 0 Å². The van der Waals surface area contributed by atoms with E-state index >= 15 is 0 Å². The summed E-state index contributed by atoms with van der Waals surface area (Å²) in [6, 6.07) is 18.6. The normalized spacial score (nSPS) is 22.7. The van der Waals surface area contributed by atoms with Crippen LogP contribution < -0.4 is 0 Å². The zero-order valence-electron chi connectivity index (χ0n) is 13.9. The lowest BCUT2D eigenvalue weighted by molar-refractivity contribution is -0.0276. The van der Waals surface area contributed by atoms with Crippen molar-refractivity contribution in [1.29, 1.82) is 0 Å². The fraction of sp³-hybridized carbons (Fsp3) is 0.350. The van der Waals surface area contributed by atoms with Crippen LogP contribution >= 0.6 is 0 Å². The number of ether oxygens (including phenoxy) is 3. The third-order valence-electron chi connectivity index (χ3n) is 4.14. The first-order valence-corrected chi connectivity index (χ1v) is 8.41. The van der Waals surface area contributed by atoms with E-state index in [4.69, 9.17) is 14.2 Å². The van der Waals surface area contributed by atoms with Gasteiger partial charge in [-0.25, -0.2) is 4.79 Å². The Balaban J connectivity index is 1.48. The predicted molar refractivity (Wildman–Crippen MR) is 92.1 cm³/mol. The number of aliphatic hydroxyl groups is 1. The highest BCUT2D eigenvalue weighted by Crippen LogP contribution is 2.22. The summed E-state index contributed by atoms with van der Waals surface area (Å²) < 4.78 is 16.7. The minimum absolute atomic E-state index is 0.163. The van der Waals surface area contributed by atoms with Crippen LogP contribution in [-0.2, 0) is 20.8 Å². The van der Waals surface area contributed by atoms with E-state index in [-0.39, 0.29) is 12.7 Å². The molecule has 1 aliphatic heterocycles. The summed E-state index contributed by atoms with van der Waals surface area (Å²) in [5, 5.41) is 10.0. The Bertz CT molecular complexity index is 658. The van der Waals surface area contributed by atoms with Crippen molar-refractivity contribution >= 4 is 5.97 Å². The second-order valence-corrected chi connectivity index (χ2v) is 6.00. The molecule has 0 aromatic heterocycles. The summed E-state index contributed by atoms with van der Waals surface area (Å²) in [4.78, 5) is 12.2. The number of benzene rings is 2. The first kappa shape index (κ1) is 17.6. The molecule has 1 N–H and O–H groups in total. The molecule has 0 radical (unpaired) electrons. The van der Waals surface area contributed by atoms with E-state index in [1.807, 2.05) is 36.4 Å². The Morgan fingerprint density at radius 2 is 1.76 bits per heavy atom. The maximum Gasteiger partial charge on any atom is 0.338 e. The van der Waals surface area contributed by atoms with Gasteiger partial charge in [0, 0.05) is 13.0 Å². The number of carbonyl (C=O) groups is 1. The molecule has 1 fully saturated rings. The van der Waals surface area contributed by atoms with Crippen molar-refractivity contribution in [3.8, 4) is 0 Å². The topological polar surface area (TPSA) is 65.0 Å². The van der Waals surface area contributed by atoms with Crippen molar-refractivity contribution in [2.45, 2.75) is 31.3 Å². The van der Waals surface area contributed by atoms with E-state index in [2.05, 4.69) is 0 Å². The molecule has 25 heavy (non-hydrogen) atoms. The first-order valence-electron chi connectivity index (χ1n) is 8.41.